The van der Waals surface area contributed by atoms with E-state index in [0.717, 1.165) is 48.6 Å². The van der Waals surface area contributed by atoms with E-state index in [2.05, 4.69) is 12.1 Å². The van der Waals surface area contributed by atoms with Crippen molar-refractivity contribution in [3.05, 3.63) is 64.7 Å². The van der Waals surface area contributed by atoms with Crippen LogP contribution in [0.25, 0.3) is 0 Å². The van der Waals surface area contributed by atoms with Crippen molar-refractivity contribution in [2.24, 2.45) is 0 Å². The van der Waals surface area contributed by atoms with Gasteiger partial charge < -0.3 is 9.80 Å². The smallest absolute Gasteiger partial charge is 0.253 e. The molecular weight excluding hydrogens is 332 g/mol. The quantitative estimate of drug-likeness (QED) is 0.787. The van der Waals surface area contributed by atoms with Crippen molar-refractivity contribution in [1.82, 2.24) is 4.90 Å². The lowest BCUT2D eigenvalue weighted by atomic mass is 9.94. The van der Waals surface area contributed by atoms with Crippen LogP contribution in [0.4, 0.5) is 5.69 Å². The summed E-state index contributed by atoms with van der Waals surface area (Å²) in [4.78, 5) is 17.0. The van der Waals surface area contributed by atoms with Crippen molar-refractivity contribution in [1.29, 1.82) is 0 Å². The first-order valence-corrected chi connectivity index (χ1v) is 9.24. The maximum absolute atomic E-state index is 13.0. The molecule has 2 aromatic rings. The van der Waals surface area contributed by atoms with Gasteiger partial charge in [-0.2, -0.15) is 0 Å². The van der Waals surface area contributed by atoms with E-state index in [1.807, 2.05) is 60.3 Å². The zero-order valence-corrected chi connectivity index (χ0v) is 15.7. The summed E-state index contributed by atoms with van der Waals surface area (Å²) in [6.45, 7) is 1.61. The van der Waals surface area contributed by atoms with Crippen LogP contribution in [0.1, 0.15) is 41.1 Å². The second-order valence-corrected chi connectivity index (χ2v) is 7.37. The largest absolute Gasteiger partial charge is 0.378 e. The number of benzene rings is 2. The van der Waals surface area contributed by atoms with E-state index in [0.29, 0.717) is 5.92 Å². The molecule has 132 valence electrons. The number of hydrogen-bond acceptors (Lipinski definition) is 2. The highest BCUT2D eigenvalue weighted by Crippen LogP contribution is 2.28. The Hall–Kier alpha value is -2.00. The minimum Gasteiger partial charge on any atom is -0.378 e. The molecule has 0 spiro atoms. The molecule has 1 atom stereocenters. The Bertz CT molecular complexity index is 710. The lowest BCUT2D eigenvalue weighted by Gasteiger charge is -2.25. The molecule has 1 heterocycles. The number of carbonyl (C=O) groups is 1. The van der Waals surface area contributed by atoms with Crippen molar-refractivity contribution in [3.63, 3.8) is 0 Å². The highest BCUT2D eigenvalue weighted by molar-refractivity contribution is 6.30. The van der Waals surface area contributed by atoms with Gasteiger partial charge in [-0.1, -0.05) is 30.2 Å². The molecule has 0 N–H and O–H groups in total. The van der Waals surface area contributed by atoms with Gasteiger partial charge in [-0.25, -0.2) is 0 Å². The summed E-state index contributed by atoms with van der Waals surface area (Å²) in [5, 5.41) is 0.756. The van der Waals surface area contributed by atoms with Gasteiger partial charge in [-0.15, -0.1) is 0 Å². The van der Waals surface area contributed by atoms with E-state index in [9.17, 15) is 4.79 Å². The molecule has 0 aromatic heterocycles. The zero-order valence-electron chi connectivity index (χ0n) is 14.9. The highest BCUT2D eigenvalue weighted by Gasteiger charge is 2.24. The summed E-state index contributed by atoms with van der Waals surface area (Å²) in [5.41, 5.74) is 3.14. The van der Waals surface area contributed by atoms with Crippen molar-refractivity contribution in [2.75, 3.05) is 32.1 Å². The fourth-order valence-corrected chi connectivity index (χ4v) is 3.54. The molecule has 0 saturated carbocycles. The highest BCUT2D eigenvalue weighted by atomic mass is 35.5. The van der Waals surface area contributed by atoms with Gasteiger partial charge in [0.25, 0.3) is 5.91 Å². The Labute approximate surface area is 155 Å². The first-order chi connectivity index (χ1) is 12.0. The second-order valence-electron chi connectivity index (χ2n) is 6.94. The molecule has 1 aliphatic rings. The van der Waals surface area contributed by atoms with Crippen molar-refractivity contribution in [3.8, 4) is 0 Å². The molecule has 0 aliphatic carbocycles. The standard InChI is InChI=1S/C21H25ClN2O/c1-23(2)20-12-8-17(9-13-20)21(25)24-14-4-3-5-18(15-24)16-6-10-19(22)11-7-16/h6-13,18H,3-5,14-15H2,1-2H3. The summed E-state index contributed by atoms with van der Waals surface area (Å²) in [6, 6.07) is 15.9. The molecule has 1 fully saturated rings. The maximum atomic E-state index is 13.0. The minimum absolute atomic E-state index is 0.131. The van der Waals surface area contributed by atoms with Gasteiger partial charge in [0.05, 0.1) is 0 Å². The third-order valence-corrected chi connectivity index (χ3v) is 5.18. The topological polar surface area (TPSA) is 23.6 Å². The Balaban J connectivity index is 1.75. The monoisotopic (exact) mass is 356 g/mol. The SMILES string of the molecule is CN(C)c1ccc(C(=O)N2CCCCC(c3ccc(Cl)cc3)C2)cc1. The number of amides is 1. The summed E-state index contributed by atoms with van der Waals surface area (Å²) < 4.78 is 0. The summed E-state index contributed by atoms with van der Waals surface area (Å²) in [6.07, 6.45) is 3.33. The van der Waals surface area contributed by atoms with Crippen molar-refractivity contribution in [2.45, 2.75) is 25.2 Å². The first kappa shape index (κ1) is 17.8. The second kappa shape index (κ2) is 7.92. The van der Waals surface area contributed by atoms with Crippen LogP contribution in [0.5, 0.6) is 0 Å². The van der Waals surface area contributed by atoms with E-state index in [1.54, 1.807) is 0 Å². The number of halogens is 1. The molecule has 1 saturated heterocycles. The molecule has 4 heteroatoms. The number of likely N-dealkylation sites (tertiary alicyclic amines) is 1. The number of hydrogen-bond donors (Lipinski definition) is 0. The molecule has 0 bridgehead atoms. The van der Waals surface area contributed by atoms with E-state index in [-0.39, 0.29) is 5.91 Å². The van der Waals surface area contributed by atoms with Crippen LogP contribution in [0.15, 0.2) is 48.5 Å². The van der Waals surface area contributed by atoms with Crippen LogP contribution in [0, 0.1) is 0 Å². The van der Waals surface area contributed by atoms with E-state index in [4.69, 9.17) is 11.6 Å². The van der Waals surface area contributed by atoms with Gasteiger partial charge in [0.15, 0.2) is 0 Å². The van der Waals surface area contributed by atoms with Gasteiger partial charge in [0, 0.05) is 49.4 Å². The van der Waals surface area contributed by atoms with Crippen LogP contribution in [-0.2, 0) is 0 Å². The number of nitrogens with zero attached hydrogens (tertiary/aromatic N) is 2. The number of carbonyl (C=O) groups excluding carboxylic acids is 1. The first-order valence-electron chi connectivity index (χ1n) is 8.87. The minimum atomic E-state index is 0.131. The van der Waals surface area contributed by atoms with Gasteiger partial charge in [0.2, 0.25) is 0 Å². The normalized spacial score (nSPS) is 17.9. The predicted octanol–water partition coefficient (Wildman–Crippen LogP) is 4.82. The Morgan fingerprint density at radius 2 is 1.72 bits per heavy atom. The molecule has 25 heavy (non-hydrogen) atoms. The summed E-state index contributed by atoms with van der Waals surface area (Å²) >= 11 is 6.01. The molecule has 2 aromatic carbocycles. The Morgan fingerprint density at radius 1 is 1.04 bits per heavy atom. The van der Waals surface area contributed by atoms with E-state index in [1.165, 1.54) is 5.56 Å². The zero-order chi connectivity index (χ0) is 17.8. The van der Waals surface area contributed by atoms with Crippen LogP contribution >= 0.6 is 11.6 Å². The molecule has 0 radical (unpaired) electrons. The third-order valence-electron chi connectivity index (χ3n) is 4.93. The molecule has 3 nitrogen and oxygen atoms in total. The molecule has 3 rings (SSSR count). The molecule has 1 unspecified atom stereocenters. The van der Waals surface area contributed by atoms with Crippen LogP contribution in [-0.4, -0.2) is 38.0 Å². The van der Waals surface area contributed by atoms with Gasteiger partial charge >= 0.3 is 0 Å². The van der Waals surface area contributed by atoms with Crippen molar-refractivity contribution >= 4 is 23.2 Å². The van der Waals surface area contributed by atoms with Gasteiger partial charge in [0.1, 0.15) is 0 Å². The number of anilines is 1. The Kier molecular flexibility index (Phi) is 5.64. The van der Waals surface area contributed by atoms with Gasteiger partial charge in [-0.3, -0.25) is 4.79 Å². The van der Waals surface area contributed by atoms with E-state index >= 15 is 0 Å². The van der Waals surface area contributed by atoms with E-state index < -0.39 is 0 Å². The predicted molar refractivity (Wildman–Crippen MR) is 105 cm³/mol. The lowest BCUT2D eigenvalue weighted by Crippen LogP contribution is -2.34. The Morgan fingerprint density at radius 3 is 2.36 bits per heavy atom. The average Bonchev–Trinajstić information content (AvgIpc) is 2.88. The lowest BCUT2D eigenvalue weighted by molar-refractivity contribution is 0.0754. The maximum Gasteiger partial charge on any atom is 0.253 e. The summed E-state index contributed by atoms with van der Waals surface area (Å²) in [7, 11) is 4.00. The third kappa shape index (κ3) is 4.35. The fraction of sp³-hybridized carbons (Fsp3) is 0.381. The molecule has 1 amide bonds. The number of rotatable bonds is 3. The average molecular weight is 357 g/mol. The molecular formula is C21H25ClN2O. The van der Waals surface area contributed by atoms with Crippen LogP contribution in [0.2, 0.25) is 5.02 Å². The van der Waals surface area contributed by atoms with Gasteiger partial charge in [-0.05, 0) is 54.8 Å². The van der Waals surface area contributed by atoms with Crippen LogP contribution < -0.4 is 4.90 Å². The van der Waals surface area contributed by atoms with Crippen LogP contribution in [0.3, 0.4) is 0 Å². The molecule has 1 aliphatic heterocycles. The van der Waals surface area contributed by atoms with Crippen molar-refractivity contribution < 1.29 is 4.79 Å². The summed E-state index contributed by atoms with van der Waals surface area (Å²) in [5.74, 6) is 0.510. The fourth-order valence-electron chi connectivity index (χ4n) is 3.42.